The Bertz CT molecular complexity index is 631. The number of aliphatic carboxylic acids is 1. The van der Waals surface area contributed by atoms with Crippen LogP contribution in [-0.2, 0) is 14.3 Å². The Morgan fingerprint density at radius 2 is 1.81 bits per heavy atom. The zero-order valence-corrected chi connectivity index (χ0v) is 15.7. The van der Waals surface area contributed by atoms with E-state index in [9.17, 15) is 14.7 Å². The third-order valence-corrected chi connectivity index (χ3v) is 4.05. The van der Waals surface area contributed by atoms with Gasteiger partial charge in [0.1, 0.15) is 17.5 Å². The van der Waals surface area contributed by atoms with Crippen LogP contribution in [0.1, 0.15) is 45.3 Å². The minimum atomic E-state index is -1.08. The average molecular weight is 365 g/mol. The van der Waals surface area contributed by atoms with E-state index < -0.39 is 17.7 Å². The molecule has 1 atom stereocenters. The molecular formula is C19H27NO6. The average Bonchev–Trinajstić information content (AvgIpc) is 2.56. The first-order valence-electron chi connectivity index (χ1n) is 8.70. The molecule has 1 aliphatic rings. The van der Waals surface area contributed by atoms with Crippen molar-refractivity contribution in [2.75, 3.05) is 20.2 Å². The van der Waals surface area contributed by atoms with E-state index in [4.69, 9.17) is 14.2 Å². The predicted molar refractivity (Wildman–Crippen MR) is 95.3 cm³/mol. The number of likely N-dealkylation sites (tertiary alicyclic amines) is 1. The van der Waals surface area contributed by atoms with Gasteiger partial charge in [-0.1, -0.05) is 18.2 Å². The zero-order chi connectivity index (χ0) is 19.3. The van der Waals surface area contributed by atoms with Crippen molar-refractivity contribution in [1.29, 1.82) is 0 Å². The van der Waals surface area contributed by atoms with Gasteiger partial charge in [-0.2, -0.15) is 0 Å². The van der Waals surface area contributed by atoms with Crippen molar-refractivity contribution < 1.29 is 28.9 Å². The minimum absolute atomic E-state index is 0.0962. The molecule has 26 heavy (non-hydrogen) atoms. The number of rotatable bonds is 5. The van der Waals surface area contributed by atoms with Gasteiger partial charge in [-0.05, 0) is 26.8 Å². The molecule has 1 unspecified atom stereocenters. The topological polar surface area (TPSA) is 85.3 Å². The van der Waals surface area contributed by atoms with Crippen LogP contribution in [0.4, 0.5) is 4.79 Å². The summed E-state index contributed by atoms with van der Waals surface area (Å²) < 4.78 is 16.5. The SMILES string of the molecule is COC(C(=O)O)c1ccccc1OC1CCN(C(=O)OC(C)(C)C)CC1. The first kappa shape index (κ1) is 20.0. The van der Waals surface area contributed by atoms with Crippen LogP contribution in [-0.4, -0.2) is 54.0 Å². The molecule has 1 N–H and O–H groups in total. The number of para-hydroxylation sites is 1. The fourth-order valence-corrected chi connectivity index (χ4v) is 2.83. The second kappa shape index (κ2) is 8.40. The van der Waals surface area contributed by atoms with Crippen molar-refractivity contribution in [1.82, 2.24) is 4.90 Å². The highest BCUT2D eigenvalue weighted by Gasteiger charge is 2.29. The van der Waals surface area contributed by atoms with Gasteiger partial charge in [-0.25, -0.2) is 9.59 Å². The number of nitrogens with zero attached hydrogens (tertiary/aromatic N) is 1. The molecule has 1 saturated heterocycles. The highest BCUT2D eigenvalue weighted by atomic mass is 16.6. The lowest BCUT2D eigenvalue weighted by Crippen LogP contribution is -2.44. The highest BCUT2D eigenvalue weighted by Crippen LogP contribution is 2.30. The molecule has 0 radical (unpaired) electrons. The van der Waals surface area contributed by atoms with Crippen LogP contribution in [0, 0.1) is 0 Å². The van der Waals surface area contributed by atoms with E-state index in [1.807, 2.05) is 20.8 Å². The summed E-state index contributed by atoms with van der Waals surface area (Å²) in [4.78, 5) is 25.2. The Morgan fingerprint density at radius 3 is 2.35 bits per heavy atom. The Hall–Kier alpha value is -2.28. The molecule has 144 valence electrons. The molecule has 1 fully saturated rings. The molecule has 1 aliphatic heterocycles. The molecular weight excluding hydrogens is 338 g/mol. The summed E-state index contributed by atoms with van der Waals surface area (Å²) in [7, 11) is 1.36. The second-order valence-corrected chi connectivity index (χ2v) is 7.28. The van der Waals surface area contributed by atoms with Crippen LogP contribution in [0.3, 0.4) is 0 Å². The molecule has 1 aromatic rings. The summed E-state index contributed by atoms with van der Waals surface area (Å²) in [6.07, 6.45) is -0.188. The fourth-order valence-electron chi connectivity index (χ4n) is 2.83. The Balaban J connectivity index is 1.98. The number of methoxy groups -OCH3 is 1. The lowest BCUT2D eigenvalue weighted by Gasteiger charge is -2.34. The van der Waals surface area contributed by atoms with Crippen molar-refractivity contribution in [3.05, 3.63) is 29.8 Å². The first-order chi connectivity index (χ1) is 12.2. The predicted octanol–water partition coefficient (Wildman–Crippen LogP) is 3.24. The minimum Gasteiger partial charge on any atom is -0.490 e. The van der Waals surface area contributed by atoms with E-state index in [0.29, 0.717) is 37.2 Å². The molecule has 1 aromatic carbocycles. The Labute approximate surface area is 153 Å². The number of carboxylic acid groups (broad SMARTS) is 1. The normalized spacial score (nSPS) is 16.8. The van der Waals surface area contributed by atoms with E-state index in [-0.39, 0.29) is 12.2 Å². The molecule has 0 aliphatic carbocycles. The van der Waals surface area contributed by atoms with E-state index >= 15 is 0 Å². The summed E-state index contributed by atoms with van der Waals surface area (Å²) in [5.41, 5.74) is -0.0351. The van der Waals surface area contributed by atoms with E-state index in [0.717, 1.165) is 0 Å². The summed E-state index contributed by atoms with van der Waals surface area (Å²) in [6, 6.07) is 6.98. The van der Waals surface area contributed by atoms with Crippen LogP contribution in [0.25, 0.3) is 0 Å². The maximum atomic E-state index is 12.1. The van der Waals surface area contributed by atoms with Crippen LogP contribution >= 0.6 is 0 Å². The third kappa shape index (κ3) is 5.36. The number of benzene rings is 1. The van der Waals surface area contributed by atoms with Gasteiger partial charge in [-0.3, -0.25) is 0 Å². The lowest BCUT2D eigenvalue weighted by atomic mass is 10.1. The molecule has 0 saturated carbocycles. The summed E-state index contributed by atoms with van der Waals surface area (Å²) in [6.45, 7) is 6.59. The van der Waals surface area contributed by atoms with E-state index in [2.05, 4.69) is 0 Å². The molecule has 1 amide bonds. The van der Waals surface area contributed by atoms with Crippen LogP contribution < -0.4 is 4.74 Å². The number of piperidine rings is 1. The van der Waals surface area contributed by atoms with Crippen LogP contribution in [0.5, 0.6) is 5.75 Å². The highest BCUT2D eigenvalue weighted by molar-refractivity contribution is 5.75. The van der Waals surface area contributed by atoms with E-state index in [1.165, 1.54) is 7.11 Å². The van der Waals surface area contributed by atoms with E-state index in [1.54, 1.807) is 29.2 Å². The largest absolute Gasteiger partial charge is 0.490 e. The van der Waals surface area contributed by atoms with Crippen LogP contribution in [0.2, 0.25) is 0 Å². The number of carboxylic acids is 1. The van der Waals surface area contributed by atoms with Crippen molar-refractivity contribution in [2.24, 2.45) is 0 Å². The molecule has 0 spiro atoms. The molecule has 0 bridgehead atoms. The Kier molecular flexibility index (Phi) is 6.47. The van der Waals surface area contributed by atoms with Gasteiger partial charge in [0.2, 0.25) is 0 Å². The Morgan fingerprint density at radius 1 is 1.19 bits per heavy atom. The summed E-state index contributed by atoms with van der Waals surface area (Å²) in [5, 5.41) is 9.31. The van der Waals surface area contributed by atoms with Crippen molar-refractivity contribution in [3.8, 4) is 5.75 Å². The summed E-state index contributed by atoms with van der Waals surface area (Å²) in [5.74, 6) is -0.569. The number of amides is 1. The maximum absolute atomic E-state index is 12.1. The zero-order valence-electron chi connectivity index (χ0n) is 15.7. The molecule has 2 rings (SSSR count). The van der Waals surface area contributed by atoms with Gasteiger partial charge < -0.3 is 24.2 Å². The van der Waals surface area contributed by atoms with Gasteiger partial charge in [-0.15, -0.1) is 0 Å². The van der Waals surface area contributed by atoms with Gasteiger partial charge >= 0.3 is 12.1 Å². The fraction of sp³-hybridized carbons (Fsp3) is 0.579. The number of hydrogen-bond donors (Lipinski definition) is 1. The van der Waals surface area contributed by atoms with Crippen molar-refractivity contribution in [2.45, 2.75) is 51.4 Å². The molecule has 1 heterocycles. The monoisotopic (exact) mass is 365 g/mol. The second-order valence-electron chi connectivity index (χ2n) is 7.28. The standard InChI is InChI=1S/C19H27NO6/c1-19(2,3)26-18(23)20-11-9-13(10-12-20)25-15-8-6-5-7-14(15)16(24-4)17(21)22/h5-8,13,16H,9-12H2,1-4H3,(H,21,22). The van der Waals surface area contributed by atoms with Crippen molar-refractivity contribution in [3.63, 3.8) is 0 Å². The van der Waals surface area contributed by atoms with Gasteiger partial charge in [0.05, 0.1) is 0 Å². The van der Waals surface area contributed by atoms with Crippen molar-refractivity contribution >= 4 is 12.1 Å². The number of carbonyl (C=O) groups is 2. The first-order valence-corrected chi connectivity index (χ1v) is 8.70. The van der Waals surface area contributed by atoms with Gasteiger partial charge in [0.15, 0.2) is 6.10 Å². The smallest absolute Gasteiger partial charge is 0.410 e. The van der Waals surface area contributed by atoms with Crippen LogP contribution in [0.15, 0.2) is 24.3 Å². The quantitative estimate of drug-likeness (QED) is 0.862. The molecule has 7 heteroatoms. The van der Waals surface area contributed by atoms with Gasteiger partial charge in [0.25, 0.3) is 0 Å². The molecule has 7 nitrogen and oxygen atoms in total. The van der Waals surface area contributed by atoms with Gasteiger partial charge in [0, 0.05) is 38.6 Å². The summed E-state index contributed by atoms with van der Waals surface area (Å²) >= 11 is 0. The lowest BCUT2D eigenvalue weighted by molar-refractivity contribution is -0.149. The number of carbonyl (C=O) groups excluding carboxylic acids is 1. The maximum Gasteiger partial charge on any atom is 0.410 e. The number of hydrogen-bond acceptors (Lipinski definition) is 5. The third-order valence-electron chi connectivity index (χ3n) is 4.05. The molecule has 0 aromatic heterocycles. The number of ether oxygens (including phenoxy) is 3.